The van der Waals surface area contributed by atoms with Crippen molar-refractivity contribution in [3.8, 4) is 0 Å². The van der Waals surface area contributed by atoms with Crippen molar-refractivity contribution in [3.63, 3.8) is 0 Å². The third kappa shape index (κ3) is 3.21. The number of amides is 3. The summed E-state index contributed by atoms with van der Waals surface area (Å²) in [6, 6.07) is 6.26. The summed E-state index contributed by atoms with van der Waals surface area (Å²) in [6.45, 7) is 4.18. The van der Waals surface area contributed by atoms with E-state index in [4.69, 9.17) is 0 Å². The Morgan fingerprint density at radius 1 is 1.29 bits per heavy atom. The molecular formula is C15H19N3O3. The van der Waals surface area contributed by atoms with E-state index in [0.29, 0.717) is 24.3 Å². The number of benzene rings is 1. The zero-order valence-corrected chi connectivity index (χ0v) is 12.4. The third-order valence-corrected chi connectivity index (χ3v) is 3.57. The summed E-state index contributed by atoms with van der Waals surface area (Å²) in [7, 11) is 1.73. The highest BCUT2D eigenvalue weighted by molar-refractivity contribution is 5.99. The second-order valence-electron chi connectivity index (χ2n) is 5.20. The normalized spacial score (nSPS) is 18.6. The number of nitrogens with zero attached hydrogens (tertiary/aromatic N) is 2. The Balaban J connectivity index is 2.20. The van der Waals surface area contributed by atoms with Crippen LogP contribution in [0.4, 0.5) is 5.69 Å². The van der Waals surface area contributed by atoms with Crippen LogP contribution in [0.15, 0.2) is 24.3 Å². The van der Waals surface area contributed by atoms with Gasteiger partial charge in [-0.25, -0.2) is 0 Å². The van der Waals surface area contributed by atoms with Crippen LogP contribution < -0.4 is 5.32 Å². The Hall–Kier alpha value is -2.37. The standard InChI is InChI=1S/C15H19N3O3/c1-10-14(20)17(3)7-8-18(10)15(21)12-5-4-6-13(9-12)16-11(2)19/h4-6,9-10H,7-8H2,1-3H3,(H,16,19). The van der Waals surface area contributed by atoms with Gasteiger partial charge in [-0.2, -0.15) is 0 Å². The quantitative estimate of drug-likeness (QED) is 0.881. The Morgan fingerprint density at radius 2 is 2.00 bits per heavy atom. The number of hydrogen-bond acceptors (Lipinski definition) is 3. The summed E-state index contributed by atoms with van der Waals surface area (Å²) in [6.07, 6.45) is 0. The molecule has 1 atom stereocenters. The first-order valence-electron chi connectivity index (χ1n) is 6.83. The van der Waals surface area contributed by atoms with E-state index in [-0.39, 0.29) is 17.7 Å². The van der Waals surface area contributed by atoms with Crippen LogP contribution in [0.3, 0.4) is 0 Å². The fourth-order valence-corrected chi connectivity index (χ4v) is 2.39. The molecule has 1 aliphatic rings. The van der Waals surface area contributed by atoms with E-state index in [1.165, 1.54) is 6.92 Å². The second kappa shape index (κ2) is 5.95. The van der Waals surface area contributed by atoms with Crippen LogP contribution in [-0.4, -0.2) is 53.7 Å². The monoisotopic (exact) mass is 289 g/mol. The number of likely N-dealkylation sites (N-methyl/N-ethyl adjacent to an activating group) is 1. The molecule has 0 aromatic heterocycles. The van der Waals surface area contributed by atoms with E-state index in [1.807, 2.05) is 0 Å². The maximum atomic E-state index is 12.5. The van der Waals surface area contributed by atoms with Crippen molar-refractivity contribution in [1.82, 2.24) is 9.80 Å². The summed E-state index contributed by atoms with van der Waals surface area (Å²) < 4.78 is 0. The molecule has 1 heterocycles. The minimum Gasteiger partial charge on any atom is -0.342 e. The Kier molecular flexibility index (Phi) is 4.26. The summed E-state index contributed by atoms with van der Waals surface area (Å²) in [5.74, 6) is -0.452. The first kappa shape index (κ1) is 15.0. The molecule has 1 aromatic rings. The fourth-order valence-electron chi connectivity index (χ4n) is 2.39. The molecule has 1 unspecified atom stereocenters. The molecule has 0 spiro atoms. The summed E-state index contributed by atoms with van der Waals surface area (Å²) in [4.78, 5) is 38.8. The average molecular weight is 289 g/mol. The van der Waals surface area contributed by atoms with Gasteiger partial charge in [0.15, 0.2) is 0 Å². The Bertz CT molecular complexity index is 585. The van der Waals surface area contributed by atoms with Crippen molar-refractivity contribution < 1.29 is 14.4 Å². The summed E-state index contributed by atoms with van der Waals surface area (Å²) in [5, 5.41) is 2.65. The number of nitrogens with one attached hydrogen (secondary N) is 1. The minimum absolute atomic E-state index is 0.0624. The van der Waals surface area contributed by atoms with Crippen molar-refractivity contribution in [2.45, 2.75) is 19.9 Å². The number of carbonyl (C=O) groups is 3. The first-order valence-corrected chi connectivity index (χ1v) is 6.83. The van der Waals surface area contributed by atoms with E-state index >= 15 is 0 Å². The van der Waals surface area contributed by atoms with Crippen molar-refractivity contribution in [1.29, 1.82) is 0 Å². The van der Waals surface area contributed by atoms with Gasteiger partial charge >= 0.3 is 0 Å². The van der Waals surface area contributed by atoms with Gasteiger partial charge in [0, 0.05) is 38.3 Å². The molecule has 6 nitrogen and oxygen atoms in total. The number of carbonyl (C=O) groups excluding carboxylic acids is 3. The largest absolute Gasteiger partial charge is 0.342 e. The molecule has 112 valence electrons. The van der Waals surface area contributed by atoms with E-state index in [0.717, 1.165) is 0 Å². The molecule has 1 aliphatic heterocycles. The number of piperazine rings is 1. The van der Waals surface area contributed by atoms with Crippen LogP contribution in [0.2, 0.25) is 0 Å². The molecule has 1 aromatic carbocycles. The first-order chi connectivity index (χ1) is 9.90. The fraction of sp³-hybridized carbons (Fsp3) is 0.400. The molecule has 21 heavy (non-hydrogen) atoms. The van der Waals surface area contributed by atoms with Gasteiger partial charge in [0.25, 0.3) is 5.91 Å². The maximum Gasteiger partial charge on any atom is 0.254 e. The van der Waals surface area contributed by atoms with Crippen LogP contribution in [0, 0.1) is 0 Å². The highest BCUT2D eigenvalue weighted by Gasteiger charge is 2.32. The van der Waals surface area contributed by atoms with Crippen molar-refractivity contribution >= 4 is 23.4 Å². The van der Waals surface area contributed by atoms with E-state index in [9.17, 15) is 14.4 Å². The molecule has 3 amide bonds. The minimum atomic E-state index is -0.472. The molecule has 1 N–H and O–H groups in total. The van der Waals surface area contributed by atoms with Gasteiger partial charge in [0.2, 0.25) is 11.8 Å². The molecule has 1 fully saturated rings. The Morgan fingerprint density at radius 3 is 2.67 bits per heavy atom. The van der Waals surface area contributed by atoms with Gasteiger partial charge < -0.3 is 15.1 Å². The molecule has 1 saturated heterocycles. The molecule has 0 bridgehead atoms. The van der Waals surface area contributed by atoms with Crippen LogP contribution in [0.25, 0.3) is 0 Å². The lowest BCUT2D eigenvalue weighted by Gasteiger charge is -2.37. The predicted molar refractivity (Wildman–Crippen MR) is 78.9 cm³/mol. The molecule has 0 radical (unpaired) electrons. The maximum absolute atomic E-state index is 12.5. The molecule has 0 saturated carbocycles. The molecule has 0 aliphatic carbocycles. The van der Waals surface area contributed by atoms with E-state index in [1.54, 1.807) is 48.0 Å². The summed E-state index contributed by atoms with van der Waals surface area (Å²) >= 11 is 0. The number of anilines is 1. The van der Waals surface area contributed by atoms with Crippen molar-refractivity contribution in [2.75, 3.05) is 25.5 Å². The van der Waals surface area contributed by atoms with Crippen LogP contribution in [0.5, 0.6) is 0 Å². The van der Waals surface area contributed by atoms with Crippen LogP contribution in [-0.2, 0) is 9.59 Å². The van der Waals surface area contributed by atoms with Crippen LogP contribution >= 0.6 is 0 Å². The Labute approximate surface area is 123 Å². The lowest BCUT2D eigenvalue weighted by molar-refractivity contribution is -0.137. The zero-order chi connectivity index (χ0) is 15.6. The topological polar surface area (TPSA) is 69.7 Å². The van der Waals surface area contributed by atoms with Crippen molar-refractivity contribution in [2.24, 2.45) is 0 Å². The molecular weight excluding hydrogens is 270 g/mol. The van der Waals surface area contributed by atoms with Gasteiger partial charge in [0.05, 0.1) is 0 Å². The zero-order valence-electron chi connectivity index (χ0n) is 12.4. The van der Waals surface area contributed by atoms with Gasteiger partial charge in [0.1, 0.15) is 6.04 Å². The number of rotatable bonds is 2. The smallest absolute Gasteiger partial charge is 0.254 e. The van der Waals surface area contributed by atoms with Crippen molar-refractivity contribution in [3.05, 3.63) is 29.8 Å². The summed E-state index contributed by atoms with van der Waals surface area (Å²) in [5.41, 5.74) is 1.03. The molecule has 2 rings (SSSR count). The van der Waals surface area contributed by atoms with Gasteiger partial charge in [-0.05, 0) is 25.1 Å². The highest BCUT2D eigenvalue weighted by Crippen LogP contribution is 2.17. The SMILES string of the molecule is CC(=O)Nc1cccc(C(=O)N2CCN(C)C(=O)C2C)c1. The number of hydrogen-bond donors (Lipinski definition) is 1. The lowest BCUT2D eigenvalue weighted by atomic mass is 10.1. The van der Waals surface area contributed by atoms with E-state index < -0.39 is 6.04 Å². The predicted octanol–water partition coefficient (Wildman–Crippen LogP) is 0.948. The molecule has 6 heteroatoms. The van der Waals surface area contributed by atoms with Gasteiger partial charge in [-0.15, -0.1) is 0 Å². The third-order valence-electron chi connectivity index (χ3n) is 3.57. The van der Waals surface area contributed by atoms with Crippen LogP contribution in [0.1, 0.15) is 24.2 Å². The average Bonchev–Trinajstić information content (AvgIpc) is 2.44. The lowest BCUT2D eigenvalue weighted by Crippen LogP contribution is -2.56. The second-order valence-corrected chi connectivity index (χ2v) is 5.20. The van der Waals surface area contributed by atoms with Gasteiger partial charge in [-0.3, -0.25) is 14.4 Å². The van der Waals surface area contributed by atoms with Gasteiger partial charge in [-0.1, -0.05) is 6.07 Å². The highest BCUT2D eigenvalue weighted by atomic mass is 16.2. The van der Waals surface area contributed by atoms with E-state index in [2.05, 4.69) is 5.32 Å².